The number of phenolic OH excluding ortho intramolecular Hbond substituents is 1. The number of methoxy groups -OCH3 is 2. The van der Waals surface area contributed by atoms with Crippen molar-refractivity contribution >= 4 is 0 Å². The van der Waals surface area contributed by atoms with Crippen LogP contribution in [-0.2, 0) is 6.42 Å². The molecule has 0 aliphatic carbocycles. The van der Waals surface area contributed by atoms with E-state index in [0.29, 0.717) is 0 Å². The zero-order valence-electron chi connectivity index (χ0n) is 14.7. The molecule has 0 aliphatic heterocycles. The van der Waals surface area contributed by atoms with Crippen molar-refractivity contribution in [2.45, 2.75) is 19.4 Å². The van der Waals surface area contributed by atoms with Crippen molar-refractivity contribution in [2.75, 3.05) is 20.8 Å². The average Bonchev–Trinajstić information content (AvgIpc) is 2.63. The first-order valence-corrected chi connectivity index (χ1v) is 7.98. The van der Waals surface area contributed by atoms with Crippen molar-refractivity contribution in [2.24, 2.45) is 0 Å². The van der Waals surface area contributed by atoms with E-state index in [0.717, 1.165) is 35.6 Å². The lowest BCUT2D eigenvalue weighted by Crippen LogP contribution is -2.21. The number of ether oxygens (including phenoxy) is 3. The summed E-state index contributed by atoms with van der Waals surface area (Å²) in [6.07, 6.45) is 8.04. The van der Waals surface area contributed by atoms with E-state index in [1.807, 2.05) is 31.2 Å². The van der Waals surface area contributed by atoms with Gasteiger partial charge in [0.1, 0.15) is 6.11 Å². The monoisotopic (exact) mass is 341 g/mol. The SMILES string of the molecule is C#COc1cc(C(C)NCCc2ccc(OC)c(OC)c2)ccc1O. The molecule has 0 aliphatic rings. The molecule has 132 valence electrons. The number of phenols is 1. The largest absolute Gasteiger partial charge is 0.504 e. The van der Waals surface area contributed by atoms with Gasteiger partial charge in [0, 0.05) is 6.04 Å². The van der Waals surface area contributed by atoms with E-state index >= 15 is 0 Å². The standard InChI is InChI=1S/C20H23NO4/c1-5-25-19-13-16(7-8-17(19)22)14(2)21-11-10-15-6-9-18(23-3)20(12-15)24-4/h1,6-9,12-14,21-22H,10-11H2,2-4H3. The fourth-order valence-corrected chi connectivity index (χ4v) is 2.53. The second-order valence-corrected chi connectivity index (χ2v) is 5.56. The highest BCUT2D eigenvalue weighted by atomic mass is 16.5. The van der Waals surface area contributed by atoms with E-state index in [1.165, 1.54) is 0 Å². The van der Waals surface area contributed by atoms with Gasteiger partial charge < -0.3 is 24.6 Å². The molecule has 2 aromatic carbocycles. The molecular formula is C20H23NO4. The molecule has 2 aromatic rings. The predicted octanol–water partition coefficient (Wildman–Crippen LogP) is 3.27. The molecule has 5 heteroatoms. The van der Waals surface area contributed by atoms with E-state index in [-0.39, 0.29) is 17.5 Å². The van der Waals surface area contributed by atoms with Gasteiger partial charge in [-0.3, -0.25) is 0 Å². The van der Waals surface area contributed by atoms with Crippen LogP contribution in [0.5, 0.6) is 23.0 Å². The van der Waals surface area contributed by atoms with E-state index in [1.54, 1.807) is 26.4 Å². The molecule has 0 aromatic heterocycles. The molecular weight excluding hydrogens is 318 g/mol. The zero-order chi connectivity index (χ0) is 18.2. The summed E-state index contributed by atoms with van der Waals surface area (Å²) in [6, 6.07) is 11.1. The maximum absolute atomic E-state index is 9.70. The Balaban J connectivity index is 1.95. The van der Waals surface area contributed by atoms with Gasteiger partial charge in [-0.05, 0) is 55.3 Å². The second kappa shape index (κ2) is 8.86. The second-order valence-electron chi connectivity index (χ2n) is 5.56. The number of hydrogen-bond donors (Lipinski definition) is 2. The van der Waals surface area contributed by atoms with Crippen LogP contribution >= 0.6 is 0 Å². The van der Waals surface area contributed by atoms with E-state index in [4.69, 9.17) is 20.6 Å². The van der Waals surface area contributed by atoms with Gasteiger partial charge in [-0.1, -0.05) is 18.6 Å². The van der Waals surface area contributed by atoms with Crippen molar-refractivity contribution in [3.8, 4) is 35.5 Å². The Bertz CT molecular complexity index is 752. The lowest BCUT2D eigenvalue weighted by atomic mass is 10.1. The Morgan fingerprint density at radius 1 is 1.08 bits per heavy atom. The Morgan fingerprint density at radius 2 is 1.84 bits per heavy atom. The number of benzene rings is 2. The summed E-state index contributed by atoms with van der Waals surface area (Å²) in [5.41, 5.74) is 2.13. The number of nitrogens with one attached hydrogen (secondary N) is 1. The van der Waals surface area contributed by atoms with Crippen LogP contribution in [0, 0.1) is 12.5 Å². The van der Waals surface area contributed by atoms with Gasteiger partial charge in [-0.15, -0.1) is 0 Å². The third kappa shape index (κ3) is 4.82. The molecule has 2 N–H and O–H groups in total. The number of aromatic hydroxyl groups is 1. The third-order valence-corrected chi connectivity index (χ3v) is 3.96. The molecule has 0 fully saturated rings. The first kappa shape index (κ1) is 18.5. The first-order valence-electron chi connectivity index (χ1n) is 7.98. The lowest BCUT2D eigenvalue weighted by molar-refractivity contribution is 0.354. The zero-order valence-corrected chi connectivity index (χ0v) is 14.7. The highest BCUT2D eigenvalue weighted by Crippen LogP contribution is 2.29. The molecule has 2 rings (SSSR count). The van der Waals surface area contributed by atoms with Crippen molar-refractivity contribution < 1.29 is 19.3 Å². The summed E-state index contributed by atoms with van der Waals surface area (Å²) in [6.45, 7) is 2.82. The number of rotatable bonds is 8. The van der Waals surface area contributed by atoms with Crippen LogP contribution in [0.1, 0.15) is 24.1 Å². The van der Waals surface area contributed by atoms with Gasteiger partial charge in [-0.2, -0.15) is 0 Å². The number of hydrogen-bond acceptors (Lipinski definition) is 5. The van der Waals surface area contributed by atoms with Gasteiger partial charge in [-0.25, -0.2) is 0 Å². The summed E-state index contributed by atoms with van der Waals surface area (Å²) < 4.78 is 15.5. The molecule has 0 saturated carbocycles. The van der Waals surface area contributed by atoms with Crippen LogP contribution in [0.15, 0.2) is 36.4 Å². The highest BCUT2D eigenvalue weighted by Gasteiger charge is 2.10. The van der Waals surface area contributed by atoms with Crippen molar-refractivity contribution in [1.29, 1.82) is 0 Å². The average molecular weight is 341 g/mol. The smallest absolute Gasteiger partial charge is 0.182 e. The Labute approximate surface area is 148 Å². The molecule has 25 heavy (non-hydrogen) atoms. The van der Waals surface area contributed by atoms with E-state index in [9.17, 15) is 5.11 Å². The summed E-state index contributed by atoms with van der Waals surface area (Å²) >= 11 is 0. The minimum atomic E-state index is 0.0271. The summed E-state index contributed by atoms with van der Waals surface area (Å²) in [5, 5.41) is 13.1. The molecule has 0 saturated heterocycles. The molecule has 0 spiro atoms. The quantitative estimate of drug-likeness (QED) is 0.722. The molecule has 0 bridgehead atoms. The van der Waals surface area contributed by atoms with Gasteiger partial charge in [0.15, 0.2) is 23.0 Å². The minimum absolute atomic E-state index is 0.0271. The molecule has 1 unspecified atom stereocenters. The molecule has 0 amide bonds. The molecule has 5 nitrogen and oxygen atoms in total. The van der Waals surface area contributed by atoms with E-state index < -0.39 is 0 Å². The summed E-state index contributed by atoms with van der Waals surface area (Å²) in [4.78, 5) is 0. The Morgan fingerprint density at radius 3 is 2.52 bits per heavy atom. The Hall–Kier alpha value is -2.84. The normalized spacial score (nSPS) is 11.4. The molecule has 0 radical (unpaired) electrons. The van der Waals surface area contributed by atoms with Crippen molar-refractivity contribution in [3.05, 3.63) is 47.5 Å². The minimum Gasteiger partial charge on any atom is -0.504 e. The van der Waals surface area contributed by atoms with Gasteiger partial charge in [0.05, 0.1) is 14.2 Å². The van der Waals surface area contributed by atoms with Crippen molar-refractivity contribution in [1.82, 2.24) is 5.32 Å². The molecule has 1 atom stereocenters. The van der Waals surface area contributed by atoms with Gasteiger partial charge in [0.2, 0.25) is 0 Å². The van der Waals surface area contributed by atoms with Crippen LogP contribution in [0.4, 0.5) is 0 Å². The Kier molecular flexibility index (Phi) is 6.55. The summed E-state index contributed by atoms with van der Waals surface area (Å²) in [7, 11) is 3.25. The highest BCUT2D eigenvalue weighted by molar-refractivity contribution is 5.44. The van der Waals surface area contributed by atoms with Crippen LogP contribution in [-0.4, -0.2) is 25.9 Å². The maximum atomic E-state index is 9.70. The number of terminal acetylenes is 1. The summed E-state index contributed by atoms with van der Waals surface area (Å²) in [5.74, 6) is 1.76. The van der Waals surface area contributed by atoms with Crippen LogP contribution in [0.2, 0.25) is 0 Å². The van der Waals surface area contributed by atoms with Gasteiger partial charge in [0.25, 0.3) is 0 Å². The third-order valence-electron chi connectivity index (χ3n) is 3.96. The fourth-order valence-electron chi connectivity index (χ4n) is 2.53. The topological polar surface area (TPSA) is 60.0 Å². The van der Waals surface area contributed by atoms with Crippen molar-refractivity contribution in [3.63, 3.8) is 0 Å². The van der Waals surface area contributed by atoms with Gasteiger partial charge >= 0.3 is 0 Å². The predicted molar refractivity (Wildman–Crippen MR) is 97.2 cm³/mol. The first-order chi connectivity index (χ1) is 12.1. The molecule has 0 heterocycles. The van der Waals surface area contributed by atoms with E-state index in [2.05, 4.69) is 11.4 Å². The lowest BCUT2D eigenvalue weighted by Gasteiger charge is -2.16. The maximum Gasteiger partial charge on any atom is 0.182 e. The van der Waals surface area contributed by atoms with Crippen LogP contribution in [0.25, 0.3) is 0 Å². The van der Waals surface area contributed by atoms with Crippen LogP contribution < -0.4 is 19.5 Å². The van der Waals surface area contributed by atoms with Crippen LogP contribution in [0.3, 0.4) is 0 Å². The fraction of sp³-hybridized carbons (Fsp3) is 0.300.